The van der Waals surface area contributed by atoms with Crippen LogP contribution in [-0.4, -0.2) is 30.4 Å². The lowest BCUT2D eigenvalue weighted by Crippen LogP contribution is -2.35. The van der Waals surface area contributed by atoms with Gasteiger partial charge in [0.2, 0.25) is 0 Å². The van der Waals surface area contributed by atoms with Gasteiger partial charge in [0.15, 0.2) is 15.5 Å². The maximum absolute atomic E-state index is 15.0. The molecule has 2 atom stereocenters. The van der Waals surface area contributed by atoms with Crippen LogP contribution in [0.4, 0.5) is 4.39 Å². The highest BCUT2D eigenvalue weighted by Crippen LogP contribution is 2.57. The van der Waals surface area contributed by atoms with Crippen molar-refractivity contribution in [2.45, 2.75) is 42.0 Å². The van der Waals surface area contributed by atoms with Crippen LogP contribution in [0.1, 0.15) is 52.5 Å². The topological polar surface area (TPSA) is 81.1 Å². The summed E-state index contributed by atoms with van der Waals surface area (Å²) >= 11 is 0. The van der Waals surface area contributed by atoms with Gasteiger partial charge in [-0.3, -0.25) is 4.79 Å². The fourth-order valence-electron chi connectivity index (χ4n) is 5.02. The number of halogens is 1. The molecule has 6 rings (SSSR count). The van der Waals surface area contributed by atoms with E-state index in [2.05, 4.69) is 10.4 Å². The first-order chi connectivity index (χ1) is 15.3. The van der Waals surface area contributed by atoms with Gasteiger partial charge in [0.05, 0.1) is 16.1 Å². The molecule has 0 bridgehead atoms. The Morgan fingerprint density at radius 1 is 1.19 bits per heavy atom. The molecule has 2 saturated carbocycles. The van der Waals surface area contributed by atoms with E-state index >= 15 is 0 Å². The SMILES string of the molecule is CS(=O)(=O)c1ccc(-n2nc(C(=O)NC3(c4ccccc4)CC3)c3c2[C@@H]2C[C@@H]2C3)c(F)c1. The smallest absolute Gasteiger partial charge is 0.272 e. The number of sulfone groups is 1. The average molecular weight is 452 g/mol. The van der Waals surface area contributed by atoms with Gasteiger partial charge in [0, 0.05) is 17.7 Å². The molecule has 0 spiro atoms. The number of amides is 1. The van der Waals surface area contributed by atoms with Crippen LogP contribution in [0.2, 0.25) is 0 Å². The van der Waals surface area contributed by atoms with E-state index in [0.29, 0.717) is 11.6 Å². The first-order valence-electron chi connectivity index (χ1n) is 10.8. The van der Waals surface area contributed by atoms with Gasteiger partial charge in [0.25, 0.3) is 5.91 Å². The molecule has 0 radical (unpaired) electrons. The van der Waals surface area contributed by atoms with E-state index in [1.807, 2.05) is 30.3 Å². The molecular formula is C24H22FN3O3S. The van der Waals surface area contributed by atoms with Crippen molar-refractivity contribution in [1.82, 2.24) is 15.1 Å². The van der Waals surface area contributed by atoms with Crippen molar-refractivity contribution in [3.8, 4) is 5.69 Å². The highest BCUT2D eigenvalue weighted by molar-refractivity contribution is 7.90. The summed E-state index contributed by atoms with van der Waals surface area (Å²) in [6.07, 6.45) is 4.57. The van der Waals surface area contributed by atoms with Gasteiger partial charge in [-0.05, 0) is 55.4 Å². The predicted molar refractivity (Wildman–Crippen MR) is 116 cm³/mol. The molecule has 32 heavy (non-hydrogen) atoms. The van der Waals surface area contributed by atoms with E-state index in [9.17, 15) is 17.6 Å². The lowest BCUT2D eigenvalue weighted by atomic mass is 10.0. The molecule has 2 fully saturated rings. The third kappa shape index (κ3) is 3.00. The van der Waals surface area contributed by atoms with Crippen LogP contribution < -0.4 is 5.32 Å². The van der Waals surface area contributed by atoms with Gasteiger partial charge in [-0.2, -0.15) is 5.10 Å². The summed E-state index contributed by atoms with van der Waals surface area (Å²) in [5.41, 5.74) is 3.01. The Labute approximate surface area is 185 Å². The molecule has 164 valence electrons. The van der Waals surface area contributed by atoms with E-state index in [4.69, 9.17) is 0 Å². The molecule has 0 unspecified atom stereocenters. The standard InChI is InChI=1S/C24H22FN3O3S/c1-32(30,31)16-7-8-20(19(25)13-16)28-22-17-11-14(17)12-18(22)21(27-28)23(29)26-24(9-10-24)15-5-3-2-4-6-15/h2-8,13-14,17H,9-12H2,1H3,(H,26,29)/t14-,17-/m1/s1. The number of fused-ring (bicyclic) bond motifs is 3. The van der Waals surface area contributed by atoms with Gasteiger partial charge in [-0.15, -0.1) is 0 Å². The van der Waals surface area contributed by atoms with E-state index in [0.717, 1.165) is 54.8 Å². The lowest BCUT2D eigenvalue weighted by molar-refractivity contribution is 0.0924. The van der Waals surface area contributed by atoms with Crippen LogP contribution in [0.15, 0.2) is 53.4 Å². The minimum atomic E-state index is -3.52. The number of hydrogen-bond acceptors (Lipinski definition) is 4. The monoisotopic (exact) mass is 451 g/mol. The van der Waals surface area contributed by atoms with Gasteiger partial charge in [-0.1, -0.05) is 30.3 Å². The van der Waals surface area contributed by atoms with Crippen LogP contribution in [0.5, 0.6) is 0 Å². The molecule has 1 aromatic heterocycles. The van der Waals surface area contributed by atoms with Gasteiger partial charge >= 0.3 is 0 Å². The number of carbonyl (C=O) groups is 1. The van der Waals surface area contributed by atoms with E-state index < -0.39 is 15.7 Å². The molecule has 3 aliphatic carbocycles. The van der Waals surface area contributed by atoms with Gasteiger partial charge in [-0.25, -0.2) is 17.5 Å². The zero-order valence-corrected chi connectivity index (χ0v) is 18.3. The number of hydrogen-bond donors (Lipinski definition) is 1. The molecule has 0 saturated heterocycles. The van der Waals surface area contributed by atoms with Crippen LogP contribution in [0, 0.1) is 11.7 Å². The van der Waals surface area contributed by atoms with Crippen LogP contribution in [0.3, 0.4) is 0 Å². The van der Waals surface area contributed by atoms with Gasteiger partial charge in [0.1, 0.15) is 11.5 Å². The second kappa shape index (κ2) is 6.51. The second-order valence-corrected chi connectivity index (χ2v) is 11.2. The minimum absolute atomic E-state index is 0.0802. The fourth-order valence-corrected chi connectivity index (χ4v) is 5.65. The largest absolute Gasteiger partial charge is 0.341 e. The number of benzene rings is 2. The molecule has 8 heteroatoms. The number of carbonyl (C=O) groups excluding carboxylic acids is 1. The molecule has 0 aliphatic heterocycles. The first-order valence-corrected chi connectivity index (χ1v) is 12.7. The summed E-state index contributed by atoms with van der Waals surface area (Å²) < 4.78 is 40.1. The van der Waals surface area contributed by atoms with Crippen molar-refractivity contribution in [2.75, 3.05) is 6.26 Å². The zero-order valence-electron chi connectivity index (χ0n) is 17.5. The summed E-state index contributed by atoms with van der Waals surface area (Å²) in [6.45, 7) is 0. The van der Waals surface area contributed by atoms with Crippen LogP contribution in [0.25, 0.3) is 5.69 Å². The Hall–Kier alpha value is -3.00. The fraction of sp³-hybridized carbons (Fsp3) is 0.333. The molecule has 1 amide bonds. The summed E-state index contributed by atoms with van der Waals surface area (Å²) in [7, 11) is -3.52. The number of nitrogens with zero attached hydrogens (tertiary/aromatic N) is 2. The molecular weight excluding hydrogens is 429 g/mol. The van der Waals surface area contributed by atoms with Crippen LogP contribution in [-0.2, 0) is 21.8 Å². The van der Waals surface area contributed by atoms with Crippen molar-refractivity contribution < 1.29 is 17.6 Å². The average Bonchev–Trinajstić information content (AvgIpc) is 3.64. The normalized spacial score (nSPS) is 22.2. The predicted octanol–water partition coefficient (Wildman–Crippen LogP) is 3.49. The van der Waals surface area contributed by atoms with Crippen molar-refractivity contribution in [1.29, 1.82) is 0 Å². The van der Waals surface area contributed by atoms with Crippen molar-refractivity contribution in [3.05, 3.63) is 76.9 Å². The van der Waals surface area contributed by atoms with Crippen molar-refractivity contribution >= 4 is 15.7 Å². The van der Waals surface area contributed by atoms with Crippen molar-refractivity contribution in [3.63, 3.8) is 0 Å². The minimum Gasteiger partial charge on any atom is -0.341 e. The summed E-state index contributed by atoms with van der Waals surface area (Å²) in [5.74, 6) is -0.159. The Bertz CT molecular complexity index is 1380. The zero-order chi connectivity index (χ0) is 22.3. The van der Waals surface area contributed by atoms with E-state index in [-0.39, 0.29) is 27.9 Å². The number of rotatable bonds is 5. The highest BCUT2D eigenvalue weighted by atomic mass is 32.2. The Kier molecular flexibility index (Phi) is 4.00. The lowest BCUT2D eigenvalue weighted by Gasteiger charge is -2.17. The third-order valence-electron chi connectivity index (χ3n) is 6.98. The quantitative estimate of drug-likeness (QED) is 0.644. The van der Waals surface area contributed by atoms with Gasteiger partial charge < -0.3 is 5.32 Å². The summed E-state index contributed by atoms with van der Waals surface area (Å²) in [6, 6.07) is 13.7. The number of nitrogens with one attached hydrogen (secondary N) is 1. The Balaban J connectivity index is 1.39. The Morgan fingerprint density at radius 2 is 1.94 bits per heavy atom. The summed E-state index contributed by atoms with van der Waals surface area (Å²) in [5, 5.41) is 7.73. The second-order valence-electron chi connectivity index (χ2n) is 9.22. The van der Waals surface area contributed by atoms with E-state index in [1.165, 1.54) is 16.8 Å². The van der Waals surface area contributed by atoms with Crippen molar-refractivity contribution in [2.24, 2.45) is 5.92 Å². The molecule has 3 aromatic rings. The molecule has 2 aromatic carbocycles. The molecule has 3 aliphatic rings. The van der Waals surface area contributed by atoms with E-state index in [1.54, 1.807) is 0 Å². The molecule has 1 heterocycles. The molecule has 6 nitrogen and oxygen atoms in total. The maximum Gasteiger partial charge on any atom is 0.272 e. The maximum atomic E-state index is 15.0. The van der Waals surface area contributed by atoms with Crippen LogP contribution >= 0.6 is 0 Å². The summed E-state index contributed by atoms with van der Waals surface area (Å²) in [4.78, 5) is 13.2. The third-order valence-corrected chi connectivity index (χ3v) is 8.09. The first kappa shape index (κ1) is 19.7. The molecule has 1 N–H and O–H groups in total. The highest BCUT2D eigenvalue weighted by Gasteiger charge is 2.51. The number of aromatic nitrogens is 2. The Morgan fingerprint density at radius 3 is 2.59 bits per heavy atom.